The summed E-state index contributed by atoms with van der Waals surface area (Å²) in [6.07, 6.45) is 0.761. The monoisotopic (exact) mass is 256 g/mol. The van der Waals surface area contributed by atoms with E-state index < -0.39 is 5.97 Å². The molecule has 0 aliphatic rings. The molecule has 0 saturated carbocycles. The van der Waals surface area contributed by atoms with Crippen LogP contribution in [0.2, 0.25) is 0 Å². The van der Waals surface area contributed by atoms with Crippen LogP contribution in [-0.4, -0.2) is 16.2 Å². The van der Waals surface area contributed by atoms with Crippen LogP contribution < -0.4 is 0 Å². The molecule has 1 atom stereocenters. The lowest BCUT2D eigenvalue weighted by Crippen LogP contribution is -2.01. The zero-order chi connectivity index (χ0) is 13.8. The van der Waals surface area contributed by atoms with Crippen LogP contribution in [0.3, 0.4) is 0 Å². The molecule has 0 aromatic heterocycles. The number of carbonyl (C=O) groups is 1. The lowest BCUT2D eigenvalue weighted by atomic mass is 9.93. The van der Waals surface area contributed by atoms with E-state index in [1.807, 2.05) is 18.2 Å². The Kier molecular flexibility index (Phi) is 3.85. The van der Waals surface area contributed by atoms with Gasteiger partial charge in [-0.15, -0.1) is 0 Å². The highest BCUT2D eigenvalue weighted by atomic mass is 16.4. The molecule has 0 amide bonds. The number of phenols is 1. The van der Waals surface area contributed by atoms with Crippen molar-refractivity contribution in [2.45, 2.75) is 19.3 Å². The third-order valence-corrected chi connectivity index (χ3v) is 3.20. The number of benzene rings is 2. The molecule has 0 aliphatic heterocycles. The number of carboxylic acids is 1. The minimum Gasteiger partial charge on any atom is -0.507 e. The highest BCUT2D eigenvalue weighted by Gasteiger charge is 2.12. The zero-order valence-electron chi connectivity index (χ0n) is 10.7. The average molecular weight is 256 g/mol. The van der Waals surface area contributed by atoms with Gasteiger partial charge in [-0.3, -0.25) is 0 Å². The van der Waals surface area contributed by atoms with E-state index in [1.54, 1.807) is 6.07 Å². The van der Waals surface area contributed by atoms with Crippen molar-refractivity contribution in [3.63, 3.8) is 0 Å². The van der Waals surface area contributed by atoms with Crippen molar-refractivity contribution in [2.75, 3.05) is 0 Å². The van der Waals surface area contributed by atoms with Crippen molar-refractivity contribution in [3.05, 3.63) is 65.2 Å². The number of rotatable bonds is 4. The first-order valence-electron chi connectivity index (χ1n) is 6.18. The Hall–Kier alpha value is -2.29. The molecule has 2 aromatic rings. The van der Waals surface area contributed by atoms with Gasteiger partial charge in [-0.05, 0) is 35.6 Å². The van der Waals surface area contributed by atoms with Crippen LogP contribution in [0.5, 0.6) is 5.75 Å². The standard InChI is InChI=1S/C16H16O3/c1-11(13-5-3-2-4-6-13)9-12-7-8-14(16(18)19)15(17)10-12/h2-8,10-11,17H,9H2,1H3,(H,18,19)/t11-/m1/s1. The summed E-state index contributed by atoms with van der Waals surface area (Å²) < 4.78 is 0. The highest BCUT2D eigenvalue weighted by Crippen LogP contribution is 2.24. The first kappa shape index (κ1) is 13.1. The van der Waals surface area contributed by atoms with E-state index in [2.05, 4.69) is 19.1 Å². The highest BCUT2D eigenvalue weighted by molar-refractivity contribution is 5.90. The Morgan fingerprint density at radius 3 is 2.42 bits per heavy atom. The van der Waals surface area contributed by atoms with Gasteiger partial charge in [0.15, 0.2) is 0 Å². The minimum absolute atomic E-state index is 0.0592. The first-order valence-corrected chi connectivity index (χ1v) is 6.18. The Bertz CT molecular complexity index is 576. The normalized spacial score (nSPS) is 12.1. The number of aromatic hydroxyl groups is 1. The van der Waals surface area contributed by atoms with E-state index in [1.165, 1.54) is 17.7 Å². The van der Waals surface area contributed by atoms with E-state index in [0.717, 1.165) is 12.0 Å². The number of hydrogen-bond donors (Lipinski definition) is 2. The third-order valence-electron chi connectivity index (χ3n) is 3.20. The van der Waals surface area contributed by atoms with Crippen molar-refractivity contribution < 1.29 is 15.0 Å². The van der Waals surface area contributed by atoms with Crippen molar-refractivity contribution in [1.82, 2.24) is 0 Å². The summed E-state index contributed by atoms with van der Waals surface area (Å²) in [6.45, 7) is 2.11. The molecule has 2 rings (SSSR count). The largest absolute Gasteiger partial charge is 0.507 e. The van der Waals surface area contributed by atoms with E-state index in [4.69, 9.17) is 5.11 Å². The van der Waals surface area contributed by atoms with Gasteiger partial charge in [0.05, 0.1) is 0 Å². The van der Waals surface area contributed by atoms with Gasteiger partial charge >= 0.3 is 5.97 Å². The maximum absolute atomic E-state index is 10.8. The topological polar surface area (TPSA) is 57.5 Å². The van der Waals surface area contributed by atoms with E-state index in [-0.39, 0.29) is 11.3 Å². The summed E-state index contributed by atoms with van der Waals surface area (Å²) in [7, 11) is 0. The molecule has 0 radical (unpaired) electrons. The quantitative estimate of drug-likeness (QED) is 0.881. The van der Waals surface area contributed by atoms with Gasteiger partial charge in [0.2, 0.25) is 0 Å². The third kappa shape index (κ3) is 3.13. The molecule has 0 aliphatic carbocycles. The summed E-state index contributed by atoms with van der Waals surface area (Å²) in [5.74, 6) is -0.971. The molecular formula is C16H16O3. The predicted octanol–water partition coefficient (Wildman–Crippen LogP) is 3.44. The molecule has 0 bridgehead atoms. The summed E-state index contributed by atoms with van der Waals surface area (Å²) >= 11 is 0. The molecule has 0 spiro atoms. The fourth-order valence-corrected chi connectivity index (χ4v) is 2.14. The molecule has 0 heterocycles. The maximum atomic E-state index is 10.8. The summed E-state index contributed by atoms with van der Waals surface area (Å²) in [5, 5.41) is 18.5. The molecule has 3 nitrogen and oxygen atoms in total. The molecule has 0 fully saturated rings. The van der Waals surface area contributed by atoms with Gasteiger partial charge in [-0.2, -0.15) is 0 Å². The Morgan fingerprint density at radius 2 is 1.84 bits per heavy atom. The Balaban J connectivity index is 2.16. The predicted molar refractivity (Wildman–Crippen MR) is 73.6 cm³/mol. The van der Waals surface area contributed by atoms with Crippen LogP contribution in [0.15, 0.2) is 48.5 Å². The molecule has 98 valence electrons. The first-order chi connectivity index (χ1) is 9.08. The van der Waals surface area contributed by atoms with Gasteiger partial charge < -0.3 is 10.2 Å². The molecule has 19 heavy (non-hydrogen) atoms. The van der Waals surface area contributed by atoms with Crippen LogP contribution in [0, 0.1) is 0 Å². The lowest BCUT2D eigenvalue weighted by Gasteiger charge is -2.12. The van der Waals surface area contributed by atoms with Crippen molar-refractivity contribution >= 4 is 5.97 Å². The zero-order valence-corrected chi connectivity index (χ0v) is 10.7. The Morgan fingerprint density at radius 1 is 1.16 bits per heavy atom. The average Bonchev–Trinajstić information content (AvgIpc) is 2.39. The molecule has 2 aromatic carbocycles. The number of carboxylic acid groups (broad SMARTS) is 1. The fraction of sp³-hybridized carbons (Fsp3) is 0.188. The van der Waals surface area contributed by atoms with Gasteiger partial charge in [-0.1, -0.05) is 43.3 Å². The molecular weight excluding hydrogens is 240 g/mol. The summed E-state index contributed by atoms with van der Waals surface area (Å²) in [4.78, 5) is 10.8. The number of hydrogen-bond acceptors (Lipinski definition) is 2. The van der Waals surface area contributed by atoms with Crippen LogP contribution >= 0.6 is 0 Å². The van der Waals surface area contributed by atoms with Crippen LogP contribution in [-0.2, 0) is 6.42 Å². The SMILES string of the molecule is C[C@H](Cc1ccc(C(=O)O)c(O)c1)c1ccccc1. The van der Waals surface area contributed by atoms with Crippen LogP contribution in [0.4, 0.5) is 0 Å². The van der Waals surface area contributed by atoms with Crippen molar-refractivity contribution in [3.8, 4) is 5.75 Å². The van der Waals surface area contributed by atoms with Gasteiger partial charge in [-0.25, -0.2) is 4.79 Å². The van der Waals surface area contributed by atoms with Crippen LogP contribution in [0.25, 0.3) is 0 Å². The minimum atomic E-state index is -1.11. The van der Waals surface area contributed by atoms with Gasteiger partial charge in [0.25, 0.3) is 0 Å². The van der Waals surface area contributed by atoms with E-state index in [9.17, 15) is 9.90 Å². The lowest BCUT2D eigenvalue weighted by molar-refractivity contribution is 0.0693. The smallest absolute Gasteiger partial charge is 0.339 e. The molecule has 0 saturated heterocycles. The summed E-state index contributed by atoms with van der Waals surface area (Å²) in [5.41, 5.74) is 2.10. The fourth-order valence-electron chi connectivity index (χ4n) is 2.14. The van der Waals surface area contributed by atoms with Crippen molar-refractivity contribution in [1.29, 1.82) is 0 Å². The molecule has 3 heteroatoms. The molecule has 0 unspecified atom stereocenters. The second-order valence-electron chi connectivity index (χ2n) is 4.67. The summed E-state index contributed by atoms with van der Waals surface area (Å²) in [6, 6.07) is 14.8. The van der Waals surface area contributed by atoms with E-state index in [0.29, 0.717) is 5.92 Å². The second kappa shape index (κ2) is 5.57. The van der Waals surface area contributed by atoms with Crippen LogP contribution in [0.1, 0.15) is 34.3 Å². The number of aromatic carboxylic acids is 1. The van der Waals surface area contributed by atoms with Gasteiger partial charge in [0, 0.05) is 0 Å². The maximum Gasteiger partial charge on any atom is 0.339 e. The van der Waals surface area contributed by atoms with E-state index >= 15 is 0 Å². The van der Waals surface area contributed by atoms with Gasteiger partial charge in [0.1, 0.15) is 11.3 Å². The second-order valence-corrected chi connectivity index (χ2v) is 4.67. The molecule has 2 N–H and O–H groups in total. The van der Waals surface area contributed by atoms with Crippen molar-refractivity contribution in [2.24, 2.45) is 0 Å². The Labute approximate surface area is 112 Å².